The zero-order chi connectivity index (χ0) is 16.6. The maximum atomic E-state index is 12.6. The van der Waals surface area contributed by atoms with Crippen LogP contribution < -0.4 is 5.32 Å². The van der Waals surface area contributed by atoms with E-state index in [-0.39, 0.29) is 12.0 Å². The molecule has 6 heteroatoms. The van der Waals surface area contributed by atoms with Gasteiger partial charge in [-0.2, -0.15) is 0 Å². The molecule has 6 nitrogen and oxygen atoms in total. The lowest BCUT2D eigenvalue weighted by Gasteiger charge is -2.50. The van der Waals surface area contributed by atoms with Crippen molar-refractivity contribution in [2.24, 2.45) is 5.92 Å². The smallest absolute Gasteiger partial charge is 0.280 e. The van der Waals surface area contributed by atoms with Crippen LogP contribution in [0.3, 0.4) is 0 Å². The number of carbonyl (C=O) groups is 1. The molecule has 126 valence electrons. The van der Waals surface area contributed by atoms with Crippen molar-refractivity contribution in [2.75, 3.05) is 31.5 Å². The van der Waals surface area contributed by atoms with Gasteiger partial charge in [-0.15, -0.1) is 0 Å². The van der Waals surface area contributed by atoms with Crippen LogP contribution in [-0.2, 0) is 4.79 Å². The molecule has 2 bridgehead atoms. The van der Waals surface area contributed by atoms with Crippen molar-refractivity contribution in [1.29, 1.82) is 0 Å². The van der Waals surface area contributed by atoms with E-state index < -0.39 is 0 Å². The summed E-state index contributed by atoms with van der Waals surface area (Å²) in [5.41, 5.74) is 1.73. The number of carbonyl (C=O) groups excluding carboxylic acids is 1. The van der Waals surface area contributed by atoms with Gasteiger partial charge in [0.05, 0.1) is 18.7 Å². The molecular formula is C18H22N3O3+. The number of aliphatic hydroxyl groups excluding tert-OH is 1. The van der Waals surface area contributed by atoms with Crippen LogP contribution in [0, 0.1) is 5.92 Å². The van der Waals surface area contributed by atoms with Crippen LogP contribution in [0.4, 0.5) is 5.82 Å². The number of nitrogens with zero attached hydrogens (tertiary/aromatic N) is 2. The summed E-state index contributed by atoms with van der Waals surface area (Å²) in [4.78, 5) is 12.6. The zero-order valence-corrected chi connectivity index (χ0v) is 13.5. The molecule has 0 spiro atoms. The first kappa shape index (κ1) is 15.4. The highest BCUT2D eigenvalue weighted by Gasteiger charge is 2.46. The Morgan fingerprint density at radius 3 is 2.75 bits per heavy atom. The first-order valence-corrected chi connectivity index (χ1v) is 8.48. The molecule has 0 saturated carbocycles. The molecular weight excluding hydrogens is 306 g/mol. The molecule has 1 aromatic carbocycles. The second-order valence-electron chi connectivity index (χ2n) is 7.03. The second-order valence-corrected chi connectivity index (χ2v) is 7.03. The molecule has 24 heavy (non-hydrogen) atoms. The minimum Gasteiger partial charge on any atom is -0.387 e. The number of benzene rings is 1. The van der Waals surface area contributed by atoms with Crippen molar-refractivity contribution in [3.63, 3.8) is 0 Å². The normalized spacial score (nSPS) is 28.7. The Morgan fingerprint density at radius 1 is 1.29 bits per heavy atom. The van der Waals surface area contributed by atoms with Gasteiger partial charge in [0.1, 0.15) is 18.9 Å². The fraction of sp³-hybridized carbons (Fsp3) is 0.444. The summed E-state index contributed by atoms with van der Waals surface area (Å²) in [5.74, 6) is 0.804. The summed E-state index contributed by atoms with van der Waals surface area (Å²) < 4.78 is 5.74. The quantitative estimate of drug-likeness (QED) is 0.841. The molecule has 2 aromatic rings. The van der Waals surface area contributed by atoms with E-state index in [9.17, 15) is 9.90 Å². The van der Waals surface area contributed by atoms with Crippen LogP contribution >= 0.6 is 0 Å². The lowest BCUT2D eigenvalue weighted by molar-refractivity contribution is -0.939. The molecule has 3 aliphatic heterocycles. The van der Waals surface area contributed by atoms with Crippen molar-refractivity contribution in [2.45, 2.75) is 18.9 Å². The Bertz CT molecular complexity index is 720. The van der Waals surface area contributed by atoms with E-state index >= 15 is 0 Å². The number of rotatable bonds is 4. The number of fused-ring (bicyclic) bond motifs is 3. The van der Waals surface area contributed by atoms with Crippen molar-refractivity contribution in [3.8, 4) is 11.1 Å². The monoisotopic (exact) mass is 328 g/mol. The molecule has 1 amide bonds. The second kappa shape index (κ2) is 6.03. The van der Waals surface area contributed by atoms with E-state index in [0.717, 1.165) is 37.1 Å². The van der Waals surface area contributed by atoms with Crippen LogP contribution in [0.25, 0.3) is 11.1 Å². The Kier molecular flexibility index (Phi) is 3.86. The summed E-state index contributed by atoms with van der Waals surface area (Å²) in [7, 11) is 0. The van der Waals surface area contributed by atoms with Gasteiger partial charge in [0.25, 0.3) is 5.91 Å². The summed E-state index contributed by atoms with van der Waals surface area (Å²) >= 11 is 0. The van der Waals surface area contributed by atoms with E-state index in [0.29, 0.717) is 29.3 Å². The van der Waals surface area contributed by atoms with E-state index in [1.807, 2.05) is 30.3 Å². The number of aliphatic hydroxyl groups is 1. The largest absolute Gasteiger partial charge is 0.387 e. The predicted molar refractivity (Wildman–Crippen MR) is 89.0 cm³/mol. The van der Waals surface area contributed by atoms with Crippen molar-refractivity contribution < 1.29 is 18.9 Å². The van der Waals surface area contributed by atoms with Gasteiger partial charge in [-0.05, 0) is 5.56 Å². The van der Waals surface area contributed by atoms with Gasteiger partial charge in [-0.3, -0.25) is 4.79 Å². The highest BCUT2D eigenvalue weighted by Crippen LogP contribution is 2.34. The first-order chi connectivity index (χ1) is 11.7. The van der Waals surface area contributed by atoms with E-state index in [1.165, 1.54) is 0 Å². The van der Waals surface area contributed by atoms with E-state index in [2.05, 4.69) is 10.5 Å². The number of hydrogen-bond acceptors (Lipinski definition) is 4. The fourth-order valence-electron chi connectivity index (χ4n) is 4.10. The summed E-state index contributed by atoms with van der Waals surface area (Å²) in [6, 6.07) is 9.72. The molecule has 0 unspecified atom stereocenters. The molecule has 3 aliphatic rings. The Hall–Kier alpha value is -2.18. The standard InChI is InChI=1S/C18H21N3O3/c22-16-10-21(8-6-14(16)7-9-21)11-17(23)19-18-15(12-24-20-18)13-4-2-1-3-5-13/h1-5,12,14,16,22H,6-11H2/p+1/t14?,16-,21?/m0/s1. The third-order valence-corrected chi connectivity index (χ3v) is 5.46. The lowest BCUT2D eigenvalue weighted by Crippen LogP contribution is -2.65. The molecule has 4 heterocycles. The minimum atomic E-state index is -0.271. The third-order valence-electron chi connectivity index (χ3n) is 5.46. The van der Waals surface area contributed by atoms with Crippen LogP contribution in [0.15, 0.2) is 41.1 Å². The number of nitrogens with one attached hydrogen (secondary N) is 1. The van der Waals surface area contributed by atoms with Gasteiger partial charge in [0.2, 0.25) is 0 Å². The molecule has 2 N–H and O–H groups in total. The molecule has 1 atom stereocenters. The Balaban J connectivity index is 1.47. The maximum Gasteiger partial charge on any atom is 0.280 e. The molecule has 5 rings (SSSR count). The van der Waals surface area contributed by atoms with Crippen molar-refractivity contribution in [1.82, 2.24) is 5.16 Å². The number of aromatic nitrogens is 1. The highest BCUT2D eigenvalue weighted by atomic mass is 16.5. The van der Waals surface area contributed by atoms with Crippen LogP contribution in [0.5, 0.6) is 0 Å². The van der Waals surface area contributed by atoms with Gasteiger partial charge in [0, 0.05) is 18.8 Å². The fourth-order valence-corrected chi connectivity index (χ4v) is 4.10. The summed E-state index contributed by atoms with van der Waals surface area (Å²) in [5, 5.41) is 17.0. The van der Waals surface area contributed by atoms with Gasteiger partial charge < -0.3 is 19.4 Å². The first-order valence-electron chi connectivity index (χ1n) is 8.48. The van der Waals surface area contributed by atoms with Crippen LogP contribution in [0.2, 0.25) is 0 Å². The molecule has 3 fully saturated rings. The highest BCUT2D eigenvalue weighted by molar-refractivity contribution is 5.94. The average molecular weight is 328 g/mol. The van der Waals surface area contributed by atoms with Gasteiger partial charge in [-0.1, -0.05) is 35.5 Å². The molecule has 0 radical (unpaired) electrons. The van der Waals surface area contributed by atoms with Crippen molar-refractivity contribution in [3.05, 3.63) is 36.6 Å². The van der Waals surface area contributed by atoms with Crippen molar-refractivity contribution >= 4 is 11.7 Å². The number of amides is 1. The zero-order valence-electron chi connectivity index (χ0n) is 13.5. The minimum absolute atomic E-state index is 0.0753. The SMILES string of the molecule is O=C(C[N+]12CCC(CC1)[C@@H](O)C2)Nc1nocc1-c1ccccc1. The average Bonchev–Trinajstić information content (AvgIpc) is 3.04. The summed E-state index contributed by atoms with van der Waals surface area (Å²) in [6.07, 6.45) is 3.29. The summed E-state index contributed by atoms with van der Waals surface area (Å²) in [6.45, 7) is 3.01. The topological polar surface area (TPSA) is 75.4 Å². The Morgan fingerprint density at radius 2 is 2.04 bits per heavy atom. The van der Waals surface area contributed by atoms with Crippen LogP contribution in [-0.4, -0.2) is 52.9 Å². The van der Waals surface area contributed by atoms with Gasteiger partial charge in [-0.25, -0.2) is 0 Å². The number of piperidine rings is 3. The van der Waals surface area contributed by atoms with E-state index in [4.69, 9.17) is 4.52 Å². The number of hydrogen-bond donors (Lipinski definition) is 2. The predicted octanol–water partition coefficient (Wildman–Crippen LogP) is 1.88. The Labute approximate surface area is 140 Å². The van der Waals surface area contributed by atoms with Crippen LogP contribution in [0.1, 0.15) is 12.8 Å². The molecule has 1 aromatic heterocycles. The number of anilines is 1. The maximum absolute atomic E-state index is 12.6. The third kappa shape index (κ3) is 2.83. The molecule has 0 aliphatic carbocycles. The lowest BCUT2D eigenvalue weighted by atomic mass is 9.83. The van der Waals surface area contributed by atoms with Gasteiger partial charge >= 0.3 is 0 Å². The van der Waals surface area contributed by atoms with E-state index in [1.54, 1.807) is 6.26 Å². The number of quaternary nitrogens is 1. The molecule has 3 saturated heterocycles. The van der Waals surface area contributed by atoms with Gasteiger partial charge in [0.15, 0.2) is 12.4 Å².